The molecule has 0 heterocycles. The summed E-state index contributed by atoms with van der Waals surface area (Å²) in [6, 6.07) is 0. The molecule has 1 N–H and O–H groups in total. The lowest BCUT2D eigenvalue weighted by Crippen LogP contribution is -2.31. The zero-order valence-corrected chi connectivity index (χ0v) is 12.4. The van der Waals surface area contributed by atoms with Gasteiger partial charge in [0.1, 0.15) is 5.25 Å². The highest BCUT2D eigenvalue weighted by Gasteiger charge is 2.32. The van der Waals surface area contributed by atoms with Crippen molar-refractivity contribution < 1.29 is 18.7 Å². The van der Waals surface area contributed by atoms with Crippen LogP contribution in [0.5, 0.6) is 0 Å². The van der Waals surface area contributed by atoms with Crippen LogP contribution in [0.15, 0.2) is 0 Å². The molecule has 0 aromatic heterocycles. The first-order valence-corrected chi connectivity index (χ1v) is 7.37. The Kier molecular flexibility index (Phi) is 7.18. The minimum absolute atomic E-state index is 0.0840. The summed E-state index contributed by atoms with van der Waals surface area (Å²) in [4.78, 5) is 11.1. The van der Waals surface area contributed by atoms with E-state index in [1.54, 1.807) is 6.92 Å². The molecule has 0 rings (SSSR count). The van der Waals surface area contributed by atoms with Crippen molar-refractivity contribution in [3.05, 3.63) is 0 Å². The lowest BCUT2D eigenvalue weighted by molar-refractivity contribution is -0.138. The Labute approximate surface area is 113 Å². The van der Waals surface area contributed by atoms with E-state index in [2.05, 4.69) is 0 Å². The summed E-state index contributed by atoms with van der Waals surface area (Å²) >= 11 is 1.26. The number of hydrogen-bond donors (Lipinski definition) is 1. The summed E-state index contributed by atoms with van der Waals surface area (Å²) < 4.78 is 26.4. The van der Waals surface area contributed by atoms with Crippen LogP contribution in [-0.4, -0.2) is 28.0 Å². The topological polar surface area (TPSA) is 37.3 Å². The van der Waals surface area contributed by atoms with Crippen molar-refractivity contribution in [1.82, 2.24) is 0 Å². The quantitative estimate of drug-likeness (QED) is 0.669. The summed E-state index contributed by atoms with van der Waals surface area (Å²) in [5.41, 5.74) is -0.359. The second-order valence-corrected chi connectivity index (χ2v) is 6.88. The van der Waals surface area contributed by atoms with Gasteiger partial charge in [0, 0.05) is 12.8 Å². The second-order valence-electron chi connectivity index (χ2n) is 5.66. The molecule has 5 heteroatoms. The number of carbonyl (C=O) groups is 1. The summed E-state index contributed by atoms with van der Waals surface area (Å²) in [6.07, 6.45) is 0.598. The molecule has 0 amide bonds. The van der Waals surface area contributed by atoms with Gasteiger partial charge in [-0.2, -0.15) is 0 Å². The van der Waals surface area contributed by atoms with E-state index >= 15 is 0 Å². The first-order chi connectivity index (χ1) is 8.10. The molecule has 0 saturated heterocycles. The molecule has 0 saturated carbocycles. The lowest BCUT2D eigenvalue weighted by atomic mass is 9.92. The highest BCUT2D eigenvalue weighted by molar-refractivity contribution is 8.00. The van der Waals surface area contributed by atoms with E-state index in [1.807, 2.05) is 20.8 Å². The minimum atomic E-state index is -2.60. The van der Waals surface area contributed by atoms with E-state index < -0.39 is 17.1 Å². The van der Waals surface area contributed by atoms with Gasteiger partial charge in [-0.1, -0.05) is 34.1 Å². The number of carboxylic acids is 1. The van der Waals surface area contributed by atoms with Gasteiger partial charge in [0.2, 0.25) is 5.92 Å². The van der Waals surface area contributed by atoms with Crippen molar-refractivity contribution in [2.45, 2.75) is 64.6 Å². The third-order valence-corrected chi connectivity index (χ3v) is 4.36. The fraction of sp³-hybridized carbons (Fsp3) is 0.923. The third-order valence-electron chi connectivity index (χ3n) is 2.60. The Balaban J connectivity index is 4.06. The lowest BCUT2D eigenvalue weighted by Gasteiger charge is -2.26. The maximum Gasteiger partial charge on any atom is 0.317 e. The molecule has 1 unspecified atom stereocenters. The minimum Gasteiger partial charge on any atom is -0.480 e. The van der Waals surface area contributed by atoms with E-state index in [-0.39, 0.29) is 18.3 Å². The number of alkyl halides is 2. The molecule has 0 bridgehead atoms. The van der Waals surface area contributed by atoms with Gasteiger partial charge in [0.15, 0.2) is 0 Å². The Morgan fingerprint density at radius 2 is 1.83 bits per heavy atom. The van der Waals surface area contributed by atoms with Crippen molar-refractivity contribution in [2.24, 2.45) is 5.41 Å². The molecule has 0 aliphatic rings. The number of thioether (sulfide) groups is 1. The highest BCUT2D eigenvalue weighted by atomic mass is 32.2. The summed E-state index contributed by atoms with van der Waals surface area (Å²) in [5.74, 6) is -3.00. The number of rotatable bonds is 8. The van der Waals surface area contributed by atoms with Crippen molar-refractivity contribution in [3.63, 3.8) is 0 Å². The molecular formula is C13H24F2O2S. The van der Waals surface area contributed by atoms with E-state index in [4.69, 9.17) is 5.11 Å². The molecule has 0 fully saturated rings. The molecular weight excluding hydrogens is 258 g/mol. The van der Waals surface area contributed by atoms with E-state index in [0.29, 0.717) is 18.6 Å². The summed E-state index contributed by atoms with van der Waals surface area (Å²) in [6.45, 7) is 7.29. The van der Waals surface area contributed by atoms with Crippen molar-refractivity contribution >= 4 is 17.7 Å². The van der Waals surface area contributed by atoms with Gasteiger partial charge in [0.25, 0.3) is 0 Å². The van der Waals surface area contributed by atoms with Gasteiger partial charge in [-0.25, -0.2) is 8.78 Å². The van der Waals surface area contributed by atoms with Crippen LogP contribution in [0.25, 0.3) is 0 Å². The molecule has 0 aromatic rings. The van der Waals surface area contributed by atoms with Gasteiger partial charge < -0.3 is 5.11 Å². The molecule has 0 spiro atoms. The number of halogens is 2. The maximum atomic E-state index is 13.2. The molecule has 18 heavy (non-hydrogen) atoms. The first kappa shape index (κ1) is 17.7. The summed E-state index contributed by atoms with van der Waals surface area (Å²) in [7, 11) is 0. The second kappa shape index (κ2) is 7.31. The number of aliphatic carboxylic acids is 1. The largest absolute Gasteiger partial charge is 0.480 e. The predicted octanol–water partition coefficient (Wildman–Crippen LogP) is 4.43. The third kappa shape index (κ3) is 7.19. The molecule has 0 aliphatic carbocycles. The smallest absolute Gasteiger partial charge is 0.317 e. The average Bonchev–Trinajstić information content (AvgIpc) is 2.13. The van der Waals surface area contributed by atoms with Crippen molar-refractivity contribution in [1.29, 1.82) is 0 Å². The highest BCUT2D eigenvalue weighted by Crippen LogP contribution is 2.32. The molecule has 0 aromatic carbocycles. The van der Waals surface area contributed by atoms with Gasteiger partial charge in [-0.3, -0.25) is 4.79 Å². The zero-order chi connectivity index (χ0) is 14.4. The van der Waals surface area contributed by atoms with E-state index in [9.17, 15) is 13.6 Å². The Hall–Kier alpha value is -0.320. The Bertz CT molecular complexity index is 262. The van der Waals surface area contributed by atoms with Crippen LogP contribution in [0.2, 0.25) is 0 Å². The molecule has 2 nitrogen and oxygen atoms in total. The maximum absolute atomic E-state index is 13.2. The van der Waals surface area contributed by atoms with Gasteiger partial charge in [-0.05, 0) is 17.6 Å². The number of hydrogen-bond acceptors (Lipinski definition) is 2. The molecule has 1 atom stereocenters. The predicted molar refractivity (Wildman–Crippen MR) is 72.4 cm³/mol. The van der Waals surface area contributed by atoms with Crippen molar-refractivity contribution in [3.8, 4) is 0 Å². The normalized spacial score (nSPS) is 14.6. The van der Waals surface area contributed by atoms with Crippen LogP contribution < -0.4 is 0 Å². The Morgan fingerprint density at radius 1 is 1.28 bits per heavy atom. The van der Waals surface area contributed by atoms with Crippen LogP contribution >= 0.6 is 11.8 Å². The van der Waals surface area contributed by atoms with Crippen molar-refractivity contribution in [2.75, 3.05) is 5.75 Å². The molecule has 0 aliphatic heterocycles. The van der Waals surface area contributed by atoms with E-state index in [1.165, 1.54) is 11.8 Å². The Morgan fingerprint density at radius 3 is 2.22 bits per heavy atom. The standard InChI is InChI=1S/C13H24F2O2S/c1-5-7-13(14,15)8-6-9-18-10(11(16)17)12(2,3)4/h10H,5-9H2,1-4H3,(H,16,17). The average molecular weight is 282 g/mol. The van der Waals surface area contributed by atoms with E-state index in [0.717, 1.165) is 0 Å². The monoisotopic (exact) mass is 282 g/mol. The molecule has 108 valence electrons. The van der Waals surface area contributed by atoms with Gasteiger partial charge in [-0.15, -0.1) is 11.8 Å². The fourth-order valence-electron chi connectivity index (χ4n) is 1.71. The van der Waals surface area contributed by atoms with Crippen LogP contribution in [0.4, 0.5) is 8.78 Å². The summed E-state index contributed by atoms with van der Waals surface area (Å²) in [5, 5.41) is 8.54. The number of carboxylic acid groups (broad SMARTS) is 1. The SMILES string of the molecule is CCCC(F)(F)CCCSC(C(=O)O)C(C)(C)C. The van der Waals surface area contributed by atoms with Crippen LogP contribution in [0.1, 0.15) is 53.4 Å². The van der Waals surface area contributed by atoms with Crippen LogP contribution in [0, 0.1) is 5.41 Å². The fourth-order valence-corrected chi connectivity index (χ4v) is 2.90. The first-order valence-electron chi connectivity index (χ1n) is 6.32. The van der Waals surface area contributed by atoms with Crippen LogP contribution in [-0.2, 0) is 4.79 Å². The zero-order valence-electron chi connectivity index (χ0n) is 11.6. The molecule has 0 radical (unpaired) electrons. The van der Waals surface area contributed by atoms with Gasteiger partial charge >= 0.3 is 5.97 Å². The van der Waals surface area contributed by atoms with Gasteiger partial charge in [0.05, 0.1) is 0 Å². The van der Waals surface area contributed by atoms with Crippen LogP contribution in [0.3, 0.4) is 0 Å².